The average molecular weight is 295 g/mol. The molecule has 1 amide bonds. The molecule has 0 spiro atoms. The summed E-state index contributed by atoms with van der Waals surface area (Å²) in [6, 6.07) is 3.39. The fourth-order valence-corrected chi connectivity index (χ4v) is 1.52. The van der Waals surface area contributed by atoms with Crippen LogP contribution in [0.15, 0.2) is 24.5 Å². The molecule has 0 atom stereocenters. The van der Waals surface area contributed by atoms with E-state index < -0.39 is 11.9 Å². The molecular weight excluding hydrogens is 276 g/mol. The number of ether oxygens (including phenoxy) is 2. The summed E-state index contributed by atoms with van der Waals surface area (Å²) < 4.78 is 11.2. The van der Waals surface area contributed by atoms with E-state index in [0.29, 0.717) is 5.56 Å². The lowest BCUT2D eigenvalue weighted by atomic mass is 10.3. The highest BCUT2D eigenvalue weighted by atomic mass is 16.5. The van der Waals surface area contributed by atoms with Crippen LogP contribution in [0.4, 0.5) is 0 Å². The molecule has 0 unspecified atom stereocenters. The number of rotatable bonds is 7. The maximum atomic E-state index is 11.7. The summed E-state index contributed by atoms with van der Waals surface area (Å²) >= 11 is 0. The average Bonchev–Trinajstić information content (AvgIpc) is 2.45. The van der Waals surface area contributed by atoms with E-state index in [1.807, 2.05) is 0 Å². The van der Waals surface area contributed by atoms with Crippen molar-refractivity contribution in [2.75, 3.05) is 13.3 Å². The summed E-state index contributed by atoms with van der Waals surface area (Å²) in [6.07, 6.45) is 3.34. The lowest BCUT2D eigenvalue weighted by molar-refractivity contribution is -0.671. The summed E-state index contributed by atoms with van der Waals surface area (Å²) in [6.45, 7) is 1.73. The molecule has 0 bridgehead atoms. The van der Waals surface area contributed by atoms with Gasteiger partial charge in [0.1, 0.15) is 12.6 Å². The van der Waals surface area contributed by atoms with E-state index in [-0.39, 0.29) is 32.1 Å². The molecule has 1 heterocycles. The van der Waals surface area contributed by atoms with Gasteiger partial charge < -0.3 is 14.8 Å². The first kappa shape index (κ1) is 16.6. The van der Waals surface area contributed by atoms with E-state index in [1.165, 1.54) is 0 Å². The third kappa shape index (κ3) is 6.51. The fraction of sp³-hybridized carbons (Fsp3) is 0.429. The Morgan fingerprint density at radius 1 is 1.19 bits per heavy atom. The third-order valence-corrected chi connectivity index (χ3v) is 2.51. The number of pyridine rings is 1. The molecular formula is C14H19N2O5+. The van der Waals surface area contributed by atoms with Crippen molar-refractivity contribution in [1.82, 2.24) is 5.32 Å². The zero-order chi connectivity index (χ0) is 15.7. The van der Waals surface area contributed by atoms with Gasteiger partial charge in [-0.05, 0) is 13.0 Å². The van der Waals surface area contributed by atoms with Gasteiger partial charge in [-0.25, -0.2) is 4.57 Å². The molecule has 114 valence electrons. The SMILES string of the molecule is CCOC(=O)CCC(=O)OCNC(=O)c1ccc[n+](C)c1. The van der Waals surface area contributed by atoms with Crippen molar-refractivity contribution in [1.29, 1.82) is 0 Å². The minimum absolute atomic E-state index is 0.0326. The van der Waals surface area contributed by atoms with Crippen LogP contribution in [-0.4, -0.2) is 31.2 Å². The highest BCUT2D eigenvalue weighted by Crippen LogP contribution is 1.96. The van der Waals surface area contributed by atoms with E-state index >= 15 is 0 Å². The molecule has 7 nitrogen and oxygen atoms in total. The Kier molecular flexibility index (Phi) is 6.86. The van der Waals surface area contributed by atoms with Gasteiger partial charge in [0.15, 0.2) is 19.1 Å². The Balaban J connectivity index is 2.25. The van der Waals surface area contributed by atoms with Crippen molar-refractivity contribution in [2.24, 2.45) is 7.05 Å². The standard InChI is InChI=1S/C14H18N2O5/c1-3-20-12(17)6-7-13(18)21-10-15-14(19)11-5-4-8-16(2)9-11/h4-5,8-9H,3,6-7,10H2,1-2H3/p+1. The monoisotopic (exact) mass is 295 g/mol. The second-order valence-corrected chi connectivity index (χ2v) is 4.23. The Hall–Kier alpha value is -2.44. The number of esters is 2. The Labute approximate surface area is 122 Å². The van der Waals surface area contributed by atoms with Crippen molar-refractivity contribution in [3.63, 3.8) is 0 Å². The largest absolute Gasteiger partial charge is 0.466 e. The summed E-state index contributed by atoms with van der Waals surface area (Å²) in [7, 11) is 1.80. The number of hydrogen-bond donors (Lipinski definition) is 1. The number of carbonyl (C=O) groups is 3. The maximum absolute atomic E-state index is 11.7. The molecule has 0 saturated heterocycles. The van der Waals surface area contributed by atoms with Crippen LogP contribution >= 0.6 is 0 Å². The van der Waals surface area contributed by atoms with Gasteiger partial charge >= 0.3 is 11.9 Å². The summed E-state index contributed by atoms with van der Waals surface area (Å²) in [4.78, 5) is 34.1. The fourth-order valence-electron chi connectivity index (χ4n) is 1.52. The topological polar surface area (TPSA) is 85.6 Å². The van der Waals surface area contributed by atoms with E-state index in [9.17, 15) is 14.4 Å². The number of aryl methyl sites for hydroxylation is 1. The van der Waals surface area contributed by atoms with Crippen LogP contribution in [0.5, 0.6) is 0 Å². The third-order valence-electron chi connectivity index (χ3n) is 2.51. The number of amides is 1. The summed E-state index contributed by atoms with van der Waals surface area (Å²) in [5.41, 5.74) is 0.461. The van der Waals surface area contributed by atoms with Gasteiger partial charge in [0, 0.05) is 6.07 Å². The first-order chi connectivity index (χ1) is 10.0. The van der Waals surface area contributed by atoms with E-state index in [0.717, 1.165) is 0 Å². The van der Waals surface area contributed by atoms with Crippen LogP contribution in [-0.2, 0) is 26.1 Å². The van der Waals surface area contributed by atoms with E-state index in [4.69, 9.17) is 4.74 Å². The van der Waals surface area contributed by atoms with E-state index in [1.54, 1.807) is 43.1 Å². The van der Waals surface area contributed by atoms with Gasteiger partial charge in [-0.15, -0.1) is 0 Å². The lowest BCUT2D eigenvalue weighted by Gasteiger charge is -2.06. The van der Waals surface area contributed by atoms with Gasteiger partial charge in [0.2, 0.25) is 0 Å². The lowest BCUT2D eigenvalue weighted by Crippen LogP contribution is -2.32. The molecule has 1 aromatic rings. The summed E-state index contributed by atoms with van der Waals surface area (Å²) in [5.74, 6) is -1.36. The van der Waals surface area contributed by atoms with Crippen LogP contribution in [0, 0.1) is 0 Å². The molecule has 21 heavy (non-hydrogen) atoms. The predicted octanol–water partition coefficient (Wildman–Crippen LogP) is 0.0849. The van der Waals surface area contributed by atoms with Gasteiger partial charge in [0.25, 0.3) is 5.91 Å². The number of aromatic nitrogens is 1. The van der Waals surface area contributed by atoms with Crippen molar-refractivity contribution >= 4 is 17.8 Å². The summed E-state index contributed by atoms with van der Waals surface area (Å²) in [5, 5.41) is 2.46. The Bertz CT molecular complexity index is 516. The Morgan fingerprint density at radius 2 is 1.86 bits per heavy atom. The first-order valence-corrected chi connectivity index (χ1v) is 6.57. The minimum atomic E-state index is -0.568. The first-order valence-electron chi connectivity index (χ1n) is 6.57. The highest BCUT2D eigenvalue weighted by Gasteiger charge is 2.11. The zero-order valence-corrected chi connectivity index (χ0v) is 12.1. The molecule has 0 fully saturated rings. The number of hydrogen-bond acceptors (Lipinski definition) is 5. The van der Waals surface area contributed by atoms with Gasteiger partial charge in [-0.2, -0.15) is 0 Å². The minimum Gasteiger partial charge on any atom is -0.466 e. The molecule has 0 aliphatic rings. The molecule has 7 heteroatoms. The van der Waals surface area contributed by atoms with Crippen molar-refractivity contribution in [3.05, 3.63) is 30.1 Å². The van der Waals surface area contributed by atoms with Crippen LogP contribution in [0.1, 0.15) is 30.1 Å². The molecule has 0 aromatic carbocycles. The molecule has 1 N–H and O–H groups in total. The van der Waals surface area contributed by atoms with Crippen LogP contribution in [0.2, 0.25) is 0 Å². The maximum Gasteiger partial charge on any atom is 0.308 e. The van der Waals surface area contributed by atoms with Crippen LogP contribution < -0.4 is 9.88 Å². The number of nitrogens with zero attached hydrogens (tertiary/aromatic N) is 1. The molecule has 0 saturated carbocycles. The highest BCUT2D eigenvalue weighted by molar-refractivity contribution is 5.93. The molecule has 0 radical (unpaired) electrons. The molecule has 1 aromatic heterocycles. The van der Waals surface area contributed by atoms with Crippen LogP contribution in [0.25, 0.3) is 0 Å². The Morgan fingerprint density at radius 3 is 2.48 bits per heavy atom. The predicted molar refractivity (Wildman–Crippen MR) is 71.9 cm³/mol. The van der Waals surface area contributed by atoms with Crippen molar-refractivity contribution in [3.8, 4) is 0 Å². The second-order valence-electron chi connectivity index (χ2n) is 4.23. The quantitative estimate of drug-likeness (QED) is 0.437. The van der Waals surface area contributed by atoms with Gasteiger partial charge in [-0.3, -0.25) is 14.4 Å². The smallest absolute Gasteiger partial charge is 0.308 e. The van der Waals surface area contributed by atoms with E-state index in [2.05, 4.69) is 10.1 Å². The van der Waals surface area contributed by atoms with Gasteiger partial charge in [0.05, 0.1) is 19.4 Å². The van der Waals surface area contributed by atoms with Gasteiger partial charge in [-0.1, -0.05) is 0 Å². The second kappa shape index (κ2) is 8.68. The van der Waals surface area contributed by atoms with Crippen LogP contribution in [0.3, 0.4) is 0 Å². The molecule has 0 aliphatic carbocycles. The zero-order valence-electron chi connectivity index (χ0n) is 12.1. The molecule has 0 aliphatic heterocycles. The van der Waals surface area contributed by atoms with Crippen molar-refractivity contribution < 1.29 is 28.4 Å². The molecule has 1 rings (SSSR count). The number of nitrogens with one attached hydrogen (secondary N) is 1. The number of carbonyl (C=O) groups excluding carboxylic acids is 3. The van der Waals surface area contributed by atoms with Crippen molar-refractivity contribution in [2.45, 2.75) is 19.8 Å². The normalized spacial score (nSPS) is 9.81.